The molecule has 0 spiro atoms. The fourth-order valence-corrected chi connectivity index (χ4v) is 2.34. The van der Waals surface area contributed by atoms with Crippen LogP contribution in [0.5, 0.6) is 0 Å². The van der Waals surface area contributed by atoms with Crippen LogP contribution in [-0.4, -0.2) is 5.91 Å². The number of hydrogen-bond donors (Lipinski definition) is 2. The van der Waals surface area contributed by atoms with Crippen molar-refractivity contribution in [2.45, 2.75) is 19.0 Å². The topological polar surface area (TPSA) is 55.1 Å². The third-order valence-electron chi connectivity index (χ3n) is 3.24. The summed E-state index contributed by atoms with van der Waals surface area (Å²) < 4.78 is 0.971. The molecule has 0 saturated heterocycles. The first-order chi connectivity index (χ1) is 9.51. The lowest BCUT2D eigenvalue weighted by Crippen LogP contribution is -2.48. The number of nitrogens with one attached hydrogen (secondary N) is 1. The Hall–Kier alpha value is -1.65. The summed E-state index contributed by atoms with van der Waals surface area (Å²) in [5, 5.41) is 2.88. The third-order valence-corrected chi connectivity index (χ3v) is 4.02. The molecule has 2 rings (SSSR count). The van der Waals surface area contributed by atoms with Crippen molar-refractivity contribution in [1.29, 1.82) is 0 Å². The lowest BCUT2D eigenvalue weighted by molar-refractivity contribution is -0.126. The van der Waals surface area contributed by atoms with E-state index in [1.807, 2.05) is 54.6 Å². The molecule has 0 aliphatic carbocycles. The molecule has 1 atom stereocenters. The van der Waals surface area contributed by atoms with Crippen molar-refractivity contribution in [3.63, 3.8) is 0 Å². The molecule has 0 aromatic heterocycles. The van der Waals surface area contributed by atoms with E-state index in [0.717, 1.165) is 15.6 Å². The van der Waals surface area contributed by atoms with E-state index in [9.17, 15) is 4.79 Å². The number of carbonyl (C=O) groups is 1. The Morgan fingerprint density at radius 1 is 1.15 bits per heavy atom. The molecule has 0 saturated carbocycles. The largest absolute Gasteiger partial charge is 0.350 e. The van der Waals surface area contributed by atoms with Crippen molar-refractivity contribution in [3.05, 3.63) is 70.2 Å². The second-order valence-corrected chi connectivity index (χ2v) is 5.70. The van der Waals surface area contributed by atoms with E-state index < -0.39 is 5.54 Å². The van der Waals surface area contributed by atoms with Gasteiger partial charge < -0.3 is 11.1 Å². The molecule has 104 valence electrons. The molecule has 0 heterocycles. The Bertz CT molecular complexity index is 596. The van der Waals surface area contributed by atoms with Gasteiger partial charge in [-0.2, -0.15) is 0 Å². The molecular formula is C16H17BrN2O. The summed E-state index contributed by atoms with van der Waals surface area (Å²) in [7, 11) is 0. The maximum absolute atomic E-state index is 12.3. The van der Waals surface area contributed by atoms with E-state index in [0.29, 0.717) is 6.54 Å². The van der Waals surface area contributed by atoms with Crippen LogP contribution in [0, 0.1) is 0 Å². The molecule has 2 aromatic rings. The monoisotopic (exact) mass is 332 g/mol. The van der Waals surface area contributed by atoms with Crippen LogP contribution in [0.3, 0.4) is 0 Å². The predicted octanol–water partition coefficient (Wildman–Crippen LogP) is 2.94. The summed E-state index contributed by atoms with van der Waals surface area (Å²) in [6, 6.07) is 17.1. The number of carbonyl (C=O) groups excluding carboxylic acids is 1. The summed E-state index contributed by atoms with van der Waals surface area (Å²) in [6.45, 7) is 2.16. The zero-order chi connectivity index (χ0) is 14.6. The Morgan fingerprint density at radius 2 is 1.75 bits per heavy atom. The molecule has 2 aromatic carbocycles. The van der Waals surface area contributed by atoms with Crippen LogP contribution in [-0.2, 0) is 16.9 Å². The van der Waals surface area contributed by atoms with Crippen LogP contribution < -0.4 is 11.1 Å². The van der Waals surface area contributed by atoms with Gasteiger partial charge in [0.1, 0.15) is 5.54 Å². The van der Waals surface area contributed by atoms with Crippen LogP contribution in [0.4, 0.5) is 0 Å². The van der Waals surface area contributed by atoms with Crippen LogP contribution >= 0.6 is 15.9 Å². The molecule has 3 nitrogen and oxygen atoms in total. The van der Waals surface area contributed by atoms with Crippen molar-refractivity contribution in [1.82, 2.24) is 5.32 Å². The number of amides is 1. The van der Waals surface area contributed by atoms with Crippen LogP contribution in [0.2, 0.25) is 0 Å². The van der Waals surface area contributed by atoms with Gasteiger partial charge in [-0.3, -0.25) is 4.79 Å². The molecule has 0 radical (unpaired) electrons. The minimum Gasteiger partial charge on any atom is -0.350 e. The van der Waals surface area contributed by atoms with Crippen molar-refractivity contribution in [2.24, 2.45) is 5.73 Å². The van der Waals surface area contributed by atoms with Crippen LogP contribution in [0.15, 0.2) is 59.1 Å². The van der Waals surface area contributed by atoms with Crippen LogP contribution in [0.25, 0.3) is 0 Å². The molecule has 3 N–H and O–H groups in total. The van der Waals surface area contributed by atoms with E-state index in [-0.39, 0.29) is 5.91 Å². The van der Waals surface area contributed by atoms with Gasteiger partial charge in [0.2, 0.25) is 5.91 Å². The molecule has 20 heavy (non-hydrogen) atoms. The SMILES string of the molecule is CC(N)(C(=O)NCc1ccccc1Br)c1ccccc1. The average Bonchev–Trinajstić information content (AvgIpc) is 2.47. The van der Waals surface area contributed by atoms with Gasteiger partial charge in [-0.05, 0) is 24.1 Å². The van der Waals surface area contributed by atoms with Gasteiger partial charge >= 0.3 is 0 Å². The molecule has 1 unspecified atom stereocenters. The highest BCUT2D eigenvalue weighted by molar-refractivity contribution is 9.10. The van der Waals surface area contributed by atoms with Gasteiger partial charge in [0.25, 0.3) is 0 Å². The maximum atomic E-state index is 12.3. The Morgan fingerprint density at radius 3 is 2.40 bits per heavy atom. The standard InChI is InChI=1S/C16H17BrN2O/c1-16(18,13-8-3-2-4-9-13)15(20)19-11-12-7-5-6-10-14(12)17/h2-10H,11,18H2,1H3,(H,19,20). The molecule has 0 aliphatic heterocycles. The predicted molar refractivity (Wildman–Crippen MR) is 84.0 cm³/mol. The number of hydrogen-bond acceptors (Lipinski definition) is 2. The molecule has 4 heteroatoms. The van der Waals surface area contributed by atoms with Crippen molar-refractivity contribution in [3.8, 4) is 0 Å². The number of benzene rings is 2. The number of halogens is 1. The van der Waals surface area contributed by atoms with Gasteiger partial charge in [0, 0.05) is 11.0 Å². The van der Waals surface area contributed by atoms with Gasteiger partial charge in [-0.1, -0.05) is 64.5 Å². The fraction of sp³-hybridized carbons (Fsp3) is 0.188. The molecule has 0 fully saturated rings. The molecule has 1 amide bonds. The van der Waals surface area contributed by atoms with Gasteiger partial charge in [0.15, 0.2) is 0 Å². The smallest absolute Gasteiger partial charge is 0.244 e. The molecule has 0 aliphatic rings. The summed E-state index contributed by atoms with van der Waals surface area (Å²) >= 11 is 3.46. The zero-order valence-electron chi connectivity index (χ0n) is 11.3. The van der Waals surface area contributed by atoms with E-state index in [1.165, 1.54) is 0 Å². The first-order valence-corrected chi connectivity index (χ1v) is 7.17. The lowest BCUT2D eigenvalue weighted by Gasteiger charge is -2.24. The van der Waals surface area contributed by atoms with Gasteiger partial charge in [-0.15, -0.1) is 0 Å². The Kier molecular flexibility index (Phi) is 4.57. The minimum absolute atomic E-state index is 0.195. The quantitative estimate of drug-likeness (QED) is 0.904. The normalized spacial score (nSPS) is 13.6. The average molecular weight is 333 g/mol. The highest BCUT2D eigenvalue weighted by Gasteiger charge is 2.29. The van der Waals surface area contributed by atoms with Crippen molar-refractivity contribution < 1.29 is 4.79 Å². The first kappa shape index (κ1) is 14.8. The zero-order valence-corrected chi connectivity index (χ0v) is 12.9. The fourth-order valence-electron chi connectivity index (χ4n) is 1.92. The number of nitrogens with two attached hydrogens (primary N) is 1. The van der Waals surface area contributed by atoms with Crippen molar-refractivity contribution >= 4 is 21.8 Å². The maximum Gasteiger partial charge on any atom is 0.244 e. The third kappa shape index (κ3) is 3.26. The second-order valence-electron chi connectivity index (χ2n) is 4.84. The van der Waals surface area contributed by atoms with E-state index in [2.05, 4.69) is 21.2 Å². The molecule has 0 bridgehead atoms. The number of rotatable bonds is 4. The Labute approximate surface area is 127 Å². The Balaban J connectivity index is 2.07. The van der Waals surface area contributed by atoms with Gasteiger partial charge in [-0.25, -0.2) is 0 Å². The summed E-state index contributed by atoms with van der Waals surface area (Å²) in [6.07, 6.45) is 0. The van der Waals surface area contributed by atoms with Gasteiger partial charge in [0.05, 0.1) is 0 Å². The first-order valence-electron chi connectivity index (χ1n) is 6.38. The lowest BCUT2D eigenvalue weighted by atomic mass is 9.92. The minimum atomic E-state index is -1.04. The summed E-state index contributed by atoms with van der Waals surface area (Å²) in [4.78, 5) is 12.3. The van der Waals surface area contributed by atoms with E-state index in [1.54, 1.807) is 6.92 Å². The summed E-state index contributed by atoms with van der Waals surface area (Å²) in [5.41, 5.74) is 6.94. The van der Waals surface area contributed by atoms with E-state index >= 15 is 0 Å². The van der Waals surface area contributed by atoms with Crippen LogP contribution in [0.1, 0.15) is 18.1 Å². The highest BCUT2D eigenvalue weighted by atomic mass is 79.9. The highest BCUT2D eigenvalue weighted by Crippen LogP contribution is 2.19. The summed E-state index contributed by atoms with van der Waals surface area (Å²) in [5.74, 6) is -0.195. The van der Waals surface area contributed by atoms with E-state index in [4.69, 9.17) is 5.73 Å². The van der Waals surface area contributed by atoms with Crippen molar-refractivity contribution in [2.75, 3.05) is 0 Å². The second kappa shape index (κ2) is 6.20. The molecular weight excluding hydrogens is 316 g/mol.